The lowest BCUT2D eigenvalue weighted by Crippen LogP contribution is -2.18. The van der Waals surface area contributed by atoms with Crippen LogP contribution in [0.25, 0.3) is 10.8 Å². The summed E-state index contributed by atoms with van der Waals surface area (Å²) in [5.74, 6) is 0. The normalized spacial score (nSPS) is 9.56. The topological polar surface area (TPSA) is 24.1 Å². The molecule has 0 aliphatic rings. The molecule has 0 aromatic heterocycles. The predicted molar refractivity (Wildman–Crippen MR) is 85.4 cm³/mol. The average molecular weight is 260 g/mol. The van der Waals surface area contributed by atoms with Crippen molar-refractivity contribution in [1.29, 1.82) is 0 Å². The highest BCUT2D eigenvalue weighted by molar-refractivity contribution is 7.78. The molecule has 0 fully saturated rings. The van der Waals surface area contributed by atoms with Crippen LogP contribution >= 0.6 is 12.2 Å². The highest BCUT2D eigenvalue weighted by Crippen LogP contribution is 2.17. The van der Waals surface area contributed by atoms with Crippen LogP contribution in [0.15, 0.2) is 42.5 Å². The van der Waals surface area contributed by atoms with Crippen molar-refractivity contribution in [3.05, 3.63) is 42.5 Å². The molecule has 0 amide bonds. The highest BCUT2D eigenvalue weighted by atomic mass is 32.1. The van der Waals surface area contributed by atoms with Gasteiger partial charge >= 0.3 is 0 Å². The molecular formula is C15H20N2S. The van der Waals surface area contributed by atoms with Crippen LogP contribution in [-0.2, 0) is 0 Å². The van der Waals surface area contributed by atoms with Crippen LogP contribution in [-0.4, -0.2) is 18.6 Å². The van der Waals surface area contributed by atoms with Crippen molar-refractivity contribution in [2.45, 2.75) is 19.9 Å². The number of thiocarbonyl (C=S) groups is 1. The summed E-state index contributed by atoms with van der Waals surface area (Å²) in [6.45, 7) is 4.09. The molecule has 3 heteroatoms. The third kappa shape index (κ3) is 4.72. The zero-order chi connectivity index (χ0) is 13.4. The number of rotatable bonds is 3. The fourth-order valence-corrected chi connectivity index (χ4v) is 1.75. The maximum absolute atomic E-state index is 4.49. The number of hydrogen-bond acceptors (Lipinski definition) is 2. The van der Waals surface area contributed by atoms with Gasteiger partial charge in [-0.2, -0.15) is 0 Å². The van der Waals surface area contributed by atoms with Crippen LogP contribution < -0.4 is 10.6 Å². The maximum Gasteiger partial charge on any atom is 0.0616 e. The van der Waals surface area contributed by atoms with E-state index in [2.05, 4.69) is 65.3 Å². The quantitative estimate of drug-likeness (QED) is 0.820. The van der Waals surface area contributed by atoms with E-state index in [1.807, 2.05) is 20.9 Å². The molecule has 0 spiro atoms. The lowest BCUT2D eigenvalue weighted by atomic mass is 10.1. The van der Waals surface area contributed by atoms with Gasteiger partial charge in [-0.15, -0.1) is 0 Å². The van der Waals surface area contributed by atoms with Gasteiger partial charge in [0.1, 0.15) is 0 Å². The standard InChI is InChI=1S/C11H11N.C4H9NS/c1-12-11-7-6-9-4-2-3-5-10(9)8-11;1-4(2)5-3-6/h2-8,12H,1H3;3-4H,1-2H3,(H,5,6). The monoisotopic (exact) mass is 260 g/mol. The first-order valence-corrected chi connectivity index (χ1v) is 6.50. The van der Waals surface area contributed by atoms with Gasteiger partial charge in [0.05, 0.1) is 5.49 Å². The molecule has 0 radical (unpaired) electrons. The zero-order valence-electron chi connectivity index (χ0n) is 11.1. The molecule has 96 valence electrons. The molecule has 0 saturated carbocycles. The number of anilines is 1. The predicted octanol–water partition coefficient (Wildman–Crippen LogP) is 3.82. The van der Waals surface area contributed by atoms with Crippen molar-refractivity contribution in [3.63, 3.8) is 0 Å². The first kappa shape index (κ1) is 14.5. The van der Waals surface area contributed by atoms with Gasteiger partial charge in [-0.05, 0) is 36.8 Å². The van der Waals surface area contributed by atoms with Crippen LogP contribution in [0, 0.1) is 0 Å². The van der Waals surface area contributed by atoms with E-state index in [0.29, 0.717) is 6.04 Å². The Balaban J connectivity index is 0.000000232. The molecule has 2 aromatic carbocycles. The van der Waals surface area contributed by atoms with Crippen molar-refractivity contribution in [1.82, 2.24) is 5.32 Å². The third-order valence-electron chi connectivity index (χ3n) is 2.44. The van der Waals surface area contributed by atoms with E-state index in [4.69, 9.17) is 0 Å². The summed E-state index contributed by atoms with van der Waals surface area (Å²) in [5.41, 5.74) is 2.69. The molecule has 2 aromatic rings. The molecule has 18 heavy (non-hydrogen) atoms. The summed E-state index contributed by atoms with van der Waals surface area (Å²) in [7, 11) is 1.93. The minimum atomic E-state index is 0.488. The molecule has 0 atom stereocenters. The first-order valence-electron chi connectivity index (χ1n) is 6.03. The minimum Gasteiger partial charge on any atom is -0.388 e. The molecule has 2 nitrogen and oxygen atoms in total. The lowest BCUT2D eigenvalue weighted by molar-refractivity contribution is 0.749. The van der Waals surface area contributed by atoms with Crippen molar-refractivity contribution in [3.8, 4) is 0 Å². The summed E-state index contributed by atoms with van der Waals surface area (Å²) in [6, 6.07) is 15.2. The van der Waals surface area contributed by atoms with E-state index in [-0.39, 0.29) is 0 Å². The second-order valence-electron chi connectivity index (χ2n) is 4.25. The Labute approximate surface area is 114 Å². The van der Waals surface area contributed by atoms with E-state index in [1.54, 1.807) is 0 Å². The van der Waals surface area contributed by atoms with E-state index in [0.717, 1.165) is 5.69 Å². The molecular weight excluding hydrogens is 240 g/mol. The number of nitrogens with one attached hydrogen (secondary N) is 2. The van der Waals surface area contributed by atoms with Gasteiger partial charge < -0.3 is 10.6 Å². The van der Waals surface area contributed by atoms with Crippen molar-refractivity contribution >= 4 is 34.2 Å². The Morgan fingerprint density at radius 3 is 2.22 bits per heavy atom. The Kier molecular flexibility index (Phi) is 6.15. The first-order chi connectivity index (χ1) is 8.67. The fraction of sp³-hybridized carbons (Fsp3) is 0.267. The van der Waals surface area contributed by atoms with E-state index >= 15 is 0 Å². The van der Waals surface area contributed by atoms with E-state index < -0.39 is 0 Å². The second kappa shape index (κ2) is 7.67. The number of hydrogen-bond donors (Lipinski definition) is 2. The van der Waals surface area contributed by atoms with Crippen LogP contribution in [0.3, 0.4) is 0 Å². The summed E-state index contributed by atoms with van der Waals surface area (Å²) >= 11 is 4.49. The van der Waals surface area contributed by atoms with Gasteiger partial charge in [0.15, 0.2) is 0 Å². The molecule has 0 unspecified atom stereocenters. The lowest BCUT2D eigenvalue weighted by Gasteiger charge is -2.01. The zero-order valence-corrected chi connectivity index (χ0v) is 11.9. The van der Waals surface area contributed by atoms with Gasteiger partial charge in [0.2, 0.25) is 0 Å². The Morgan fingerprint density at radius 1 is 1.06 bits per heavy atom. The molecule has 2 N–H and O–H groups in total. The summed E-state index contributed by atoms with van der Waals surface area (Å²) in [6.07, 6.45) is 0. The molecule has 0 heterocycles. The minimum absolute atomic E-state index is 0.488. The van der Waals surface area contributed by atoms with Crippen LogP contribution in [0.4, 0.5) is 5.69 Å². The Morgan fingerprint density at radius 2 is 1.72 bits per heavy atom. The largest absolute Gasteiger partial charge is 0.388 e. The van der Waals surface area contributed by atoms with Crippen LogP contribution in [0.1, 0.15) is 13.8 Å². The number of benzene rings is 2. The Bertz CT molecular complexity index is 495. The fourth-order valence-electron chi connectivity index (χ4n) is 1.48. The maximum atomic E-state index is 4.49. The summed E-state index contributed by atoms with van der Waals surface area (Å²) < 4.78 is 0. The highest BCUT2D eigenvalue weighted by Gasteiger charge is 1.91. The second-order valence-corrected chi connectivity index (χ2v) is 4.49. The van der Waals surface area contributed by atoms with Crippen molar-refractivity contribution < 1.29 is 0 Å². The smallest absolute Gasteiger partial charge is 0.0616 e. The molecule has 0 bridgehead atoms. The van der Waals surface area contributed by atoms with Crippen LogP contribution in [0.2, 0.25) is 0 Å². The number of fused-ring (bicyclic) bond motifs is 1. The van der Waals surface area contributed by atoms with Gasteiger partial charge in [-0.1, -0.05) is 42.5 Å². The molecule has 0 aliphatic heterocycles. The summed E-state index contributed by atoms with van der Waals surface area (Å²) in [5, 5.41) is 8.59. The van der Waals surface area contributed by atoms with Crippen molar-refractivity contribution in [2.24, 2.45) is 0 Å². The SMILES string of the molecule is CC(C)NC=S.CNc1ccc2ccccc2c1. The molecule has 2 rings (SSSR count). The third-order valence-corrected chi connectivity index (χ3v) is 2.58. The molecule has 0 aliphatic carbocycles. The van der Waals surface area contributed by atoms with E-state index in [9.17, 15) is 0 Å². The average Bonchev–Trinajstić information content (AvgIpc) is 2.38. The van der Waals surface area contributed by atoms with Gasteiger partial charge in [0.25, 0.3) is 0 Å². The van der Waals surface area contributed by atoms with Crippen molar-refractivity contribution in [2.75, 3.05) is 12.4 Å². The van der Waals surface area contributed by atoms with Gasteiger partial charge in [-0.3, -0.25) is 0 Å². The van der Waals surface area contributed by atoms with Crippen LogP contribution in [0.5, 0.6) is 0 Å². The molecule has 0 saturated heterocycles. The van der Waals surface area contributed by atoms with E-state index in [1.165, 1.54) is 16.3 Å². The van der Waals surface area contributed by atoms with Gasteiger partial charge in [-0.25, -0.2) is 0 Å². The summed E-state index contributed by atoms with van der Waals surface area (Å²) in [4.78, 5) is 0. The Hall–Kier alpha value is -1.61. The van der Waals surface area contributed by atoms with Gasteiger partial charge in [0, 0.05) is 18.8 Å².